The molecule has 3 nitrogen and oxygen atoms in total. The average molecular weight is 789 g/mol. The summed E-state index contributed by atoms with van der Waals surface area (Å²) >= 11 is 0. The van der Waals surface area contributed by atoms with Crippen LogP contribution >= 0.6 is 0 Å². The van der Waals surface area contributed by atoms with Gasteiger partial charge >= 0.3 is 0 Å². The third-order valence-electron chi connectivity index (χ3n) is 13.7. The van der Waals surface area contributed by atoms with Gasteiger partial charge in [-0.2, -0.15) is 0 Å². The third-order valence-corrected chi connectivity index (χ3v) is 13.7. The number of nitrogens with zero attached hydrogens (tertiary/aromatic N) is 2. The zero-order valence-corrected chi connectivity index (χ0v) is 33.6. The van der Waals surface area contributed by atoms with Crippen LogP contribution in [-0.4, -0.2) is 4.57 Å². The van der Waals surface area contributed by atoms with Gasteiger partial charge in [-0.05, 0) is 122 Å². The molecule has 62 heavy (non-hydrogen) atoms. The number of rotatable bonds is 5. The maximum atomic E-state index is 6.83. The lowest BCUT2D eigenvalue weighted by atomic mass is 9.63. The molecule has 10 aromatic carbocycles. The first kappa shape index (κ1) is 33.7. The highest BCUT2D eigenvalue weighted by Crippen LogP contribution is 2.62. The minimum absolute atomic E-state index is 0.515. The summed E-state index contributed by atoms with van der Waals surface area (Å²) in [4.78, 5) is 2.38. The second-order valence-electron chi connectivity index (χ2n) is 16.7. The number of para-hydroxylation sites is 4. The van der Waals surface area contributed by atoms with Crippen molar-refractivity contribution < 1.29 is 4.42 Å². The van der Waals surface area contributed by atoms with Crippen LogP contribution < -0.4 is 4.90 Å². The van der Waals surface area contributed by atoms with Gasteiger partial charge in [0.1, 0.15) is 11.2 Å². The zero-order chi connectivity index (χ0) is 40.5. The smallest absolute Gasteiger partial charge is 0.138 e. The molecule has 0 atom stereocenters. The van der Waals surface area contributed by atoms with Gasteiger partial charge in [-0.25, -0.2) is 0 Å². The molecule has 0 saturated heterocycles. The normalized spacial score (nSPS) is 13.3. The Balaban J connectivity index is 1.14. The first-order valence-corrected chi connectivity index (χ1v) is 21.4. The second kappa shape index (κ2) is 12.4. The first-order valence-electron chi connectivity index (χ1n) is 21.4. The lowest BCUT2D eigenvalue weighted by Gasteiger charge is -2.38. The fourth-order valence-electron chi connectivity index (χ4n) is 11.4. The summed E-state index contributed by atoms with van der Waals surface area (Å²) in [7, 11) is 0. The Bertz CT molecular complexity index is 3720. The molecule has 2 aromatic heterocycles. The van der Waals surface area contributed by atoms with Gasteiger partial charge in [-0.15, -0.1) is 0 Å². The van der Waals surface area contributed by atoms with E-state index in [9.17, 15) is 0 Å². The van der Waals surface area contributed by atoms with Crippen LogP contribution in [0.5, 0.6) is 0 Å². The maximum absolute atomic E-state index is 6.83. The number of hydrogen-bond donors (Lipinski definition) is 0. The van der Waals surface area contributed by atoms with Gasteiger partial charge < -0.3 is 13.9 Å². The van der Waals surface area contributed by atoms with Crippen LogP contribution in [0.25, 0.3) is 82.5 Å². The van der Waals surface area contributed by atoms with E-state index in [1.54, 1.807) is 0 Å². The second-order valence-corrected chi connectivity index (χ2v) is 16.7. The molecule has 14 rings (SSSR count). The molecule has 0 fully saturated rings. The molecule has 2 aliphatic carbocycles. The number of fused-ring (bicyclic) bond motifs is 10. The van der Waals surface area contributed by atoms with E-state index in [0.29, 0.717) is 0 Å². The van der Waals surface area contributed by atoms with Crippen molar-refractivity contribution in [1.29, 1.82) is 0 Å². The van der Waals surface area contributed by atoms with E-state index >= 15 is 0 Å². The van der Waals surface area contributed by atoms with Crippen LogP contribution in [-0.2, 0) is 5.41 Å². The van der Waals surface area contributed by atoms with E-state index in [-0.39, 0.29) is 0 Å². The summed E-state index contributed by atoms with van der Waals surface area (Å²) < 4.78 is 9.31. The maximum Gasteiger partial charge on any atom is 0.138 e. The van der Waals surface area contributed by atoms with Gasteiger partial charge in [0.25, 0.3) is 0 Å². The Morgan fingerprint density at radius 1 is 0.371 bits per heavy atom. The largest absolute Gasteiger partial charge is 0.456 e. The van der Waals surface area contributed by atoms with Crippen molar-refractivity contribution in [2.45, 2.75) is 5.41 Å². The molecule has 0 aliphatic heterocycles. The zero-order valence-electron chi connectivity index (χ0n) is 33.6. The Labute approximate surface area is 358 Å². The fraction of sp³-hybridized carbons (Fsp3) is 0.0169. The van der Waals surface area contributed by atoms with Gasteiger partial charge in [-0.3, -0.25) is 0 Å². The molecular formula is C59H36N2O. The first-order chi connectivity index (χ1) is 30.8. The Hall–Kier alpha value is -8.14. The van der Waals surface area contributed by atoms with Gasteiger partial charge in [0.15, 0.2) is 0 Å². The topological polar surface area (TPSA) is 21.3 Å². The molecule has 0 N–H and O–H groups in total. The predicted octanol–water partition coefficient (Wildman–Crippen LogP) is 15.6. The Morgan fingerprint density at radius 2 is 0.968 bits per heavy atom. The summed E-state index contributed by atoms with van der Waals surface area (Å²) in [6.45, 7) is 0. The van der Waals surface area contributed by atoms with Crippen molar-refractivity contribution in [3.63, 3.8) is 0 Å². The van der Waals surface area contributed by atoms with E-state index in [1.165, 1.54) is 71.5 Å². The molecule has 288 valence electrons. The lowest BCUT2D eigenvalue weighted by molar-refractivity contribution is 0.669. The summed E-state index contributed by atoms with van der Waals surface area (Å²) in [5, 5.41) is 7.35. The average Bonchev–Trinajstić information content (AvgIpc) is 3.99. The third kappa shape index (κ3) is 4.29. The molecule has 0 unspecified atom stereocenters. The molecule has 1 spiro atoms. The lowest BCUT2D eigenvalue weighted by Crippen LogP contribution is -2.30. The van der Waals surface area contributed by atoms with Gasteiger partial charge in [0.05, 0.1) is 27.5 Å². The van der Waals surface area contributed by atoms with Crippen molar-refractivity contribution in [1.82, 2.24) is 4.57 Å². The van der Waals surface area contributed by atoms with E-state index in [0.717, 1.165) is 50.3 Å². The van der Waals surface area contributed by atoms with Crippen molar-refractivity contribution in [3.05, 3.63) is 241 Å². The SMILES string of the molecule is c1ccc(N(c2ccccc2)c2cc(-c3ccc4c5c3ccc3c5c5c(cccc5n3-c3ccccc3)C43c4ccccc4-c4ccccc43)cc3oc4ccccc4c23)cc1. The molecule has 12 aromatic rings. The highest BCUT2D eigenvalue weighted by atomic mass is 16.3. The summed E-state index contributed by atoms with van der Waals surface area (Å²) in [5.74, 6) is 0. The Morgan fingerprint density at radius 3 is 1.69 bits per heavy atom. The van der Waals surface area contributed by atoms with Crippen molar-refractivity contribution in [2.75, 3.05) is 4.90 Å². The van der Waals surface area contributed by atoms with Gasteiger partial charge in [0.2, 0.25) is 0 Å². The van der Waals surface area contributed by atoms with Crippen molar-refractivity contribution in [2.24, 2.45) is 0 Å². The number of benzene rings is 10. The molecule has 3 heteroatoms. The van der Waals surface area contributed by atoms with Crippen LogP contribution in [0, 0.1) is 0 Å². The van der Waals surface area contributed by atoms with Crippen LogP contribution in [0.3, 0.4) is 0 Å². The number of aromatic nitrogens is 1. The molecule has 0 radical (unpaired) electrons. The summed E-state index contributed by atoms with van der Waals surface area (Å²) in [6.07, 6.45) is 0. The quantitative estimate of drug-likeness (QED) is 0.173. The van der Waals surface area contributed by atoms with E-state index < -0.39 is 5.41 Å². The standard InChI is InChI=1S/C59H36N2O/c1-4-17-38(18-5-1)60(39-19-6-2-7-20-39)52-35-37(36-54-56(52)45-25-12-15-30-53(45)62-54)41-31-33-49-55-44(41)32-34-51-58(55)57-48(28-16-29-50(57)61(51)40-21-8-3-9-22-40)59(49)46-26-13-10-23-42(46)43-24-11-14-27-47(43)59/h1-36H. The fourth-order valence-corrected chi connectivity index (χ4v) is 11.4. The van der Waals surface area contributed by atoms with Crippen LogP contribution in [0.4, 0.5) is 17.1 Å². The molecule has 0 amide bonds. The predicted molar refractivity (Wildman–Crippen MR) is 257 cm³/mol. The molecule has 2 heterocycles. The number of anilines is 3. The molecule has 0 saturated carbocycles. The van der Waals surface area contributed by atoms with Crippen molar-refractivity contribution in [3.8, 4) is 27.9 Å². The van der Waals surface area contributed by atoms with E-state index in [1.807, 2.05) is 0 Å². The summed E-state index contributed by atoms with van der Waals surface area (Å²) in [5.41, 5.74) is 18.3. The minimum Gasteiger partial charge on any atom is -0.456 e. The van der Waals surface area contributed by atoms with Gasteiger partial charge in [-0.1, -0.05) is 152 Å². The van der Waals surface area contributed by atoms with E-state index in [4.69, 9.17) is 4.42 Å². The molecule has 2 aliphatic rings. The highest BCUT2D eigenvalue weighted by molar-refractivity contribution is 6.28. The van der Waals surface area contributed by atoms with Crippen LogP contribution in [0.2, 0.25) is 0 Å². The molecule has 0 bridgehead atoms. The van der Waals surface area contributed by atoms with Crippen molar-refractivity contribution >= 4 is 71.6 Å². The Kier molecular flexibility index (Phi) is 6.76. The number of furan rings is 1. The molecular weight excluding hydrogens is 753 g/mol. The summed E-state index contributed by atoms with van der Waals surface area (Å²) in [6, 6.07) is 80.1. The van der Waals surface area contributed by atoms with Crippen LogP contribution in [0.15, 0.2) is 223 Å². The van der Waals surface area contributed by atoms with Crippen LogP contribution in [0.1, 0.15) is 22.3 Å². The minimum atomic E-state index is -0.515. The number of hydrogen-bond acceptors (Lipinski definition) is 2. The van der Waals surface area contributed by atoms with E-state index in [2.05, 4.69) is 228 Å². The monoisotopic (exact) mass is 788 g/mol. The van der Waals surface area contributed by atoms with Gasteiger partial charge in [0, 0.05) is 33.2 Å². The highest BCUT2D eigenvalue weighted by Gasteiger charge is 2.50.